The summed E-state index contributed by atoms with van der Waals surface area (Å²) in [4.78, 5) is 18.6. The lowest BCUT2D eigenvalue weighted by Gasteiger charge is -2.35. The summed E-state index contributed by atoms with van der Waals surface area (Å²) in [7, 11) is -2.19. The quantitative estimate of drug-likeness (QED) is 0.574. The van der Waals surface area contributed by atoms with Crippen molar-refractivity contribution >= 4 is 33.2 Å². The second kappa shape index (κ2) is 6.41. The standard InChI is InChI=1S/C16H21ClN2O5S/c1-10-9-24-7-6-19(10)12-8-11(16(4-5-16)25(3,21)22)13(14(17)18-12)15(20)23-2/h8,10H,4-7,9H2,1-3H3/t10-/m1/s1. The van der Waals surface area contributed by atoms with Gasteiger partial charge in [0.15, 0.2) is 9.84 Å². The largest absolute Gasteiger partial charge is 0.465 e. The van der Waals surface area contributed by atoms with Crippen LogP contribution in [0.15, 0.2) is 6.07 Å². The summed E-state index contributed by atoms with van der Waals surface area (Å²) in [5.41, 5.74) is 0.423. The average molecular weight is 389 g/mol. The highest BCUT2D eigenvalue weighted by Crippen LogP contribution is 2.54. The van der Waals surface area contributed by atoms with Crippen LogP contribution in [0.1, 0.15) is 35.7 Å². The van der Waals surface area contributed by atoms with Gasteiger partial charge in [0.1, 0.15) is 16.5 Å². The molecule has 1 saturated carbocycles. The number of hydrogen-bond acceptors (Lipinski definition) is 7. The number of nitrogens with zero attached hydrogens (tertiary/aromatic N) is 2. The summed E-state index contributed by atoms with van der Waals surface area (Å²) in [5, 5.41) is -0.0343. The third-order valence-electron chi connectivity index (χ3n) is 4.92. The van der Waals surface area contributed by atoms with Crippen molar-refractivity contribution in [1.29, 1.82) is 0 Å². The monoisotopic (exact) mass is 388 g/mol. The molecule has 0 spiro atoms. The highest BCUT2D eigenvalue weighted by molar-refractivity contribution is 7.92. The molecule has 1 atom stereocenters. The van der Waals surface area contributed by atoms with E-state index in [1.807, 2.05) is 11.8 Å². The fourth-order valence-electron chi connectivity index (χ4n) is 3.32. The third-order valence-corrected chi connectivity index (χ3v) is 7.24. The average Bonchev–Trinajstić information content (AvgIpc) is 3.35. The first-order valence-corrected chi connectivity index (χ1v) is 10.3. The molecule has 7 nitrogen and oxygen atoms in total. The minimum Gasteiger partial charge on any atom is -0.465 e. The van der Waals surface area contributed by atoms with Crippen molar-refractivity contribution in [3.8, 4) is 0 Å². The Balaban J connectivity index is 2.18. The zero-order chi connectivity index (χ0) is 18.4. The van der Waals surface area contributed by atoms with Crippen LogP contribution in [0.5, 0.6) is 0 Å². The molecule has 1 saturated heterocycles. The number of methoxy groups -OCH3 is 1. The van der Waals surface area contributed by atoms with Crippen LogP contribution in [-0.4, -0.2) is 58.5 Å². The molecule has 2 heterocycles. The van der Waals surface area contributed by atoms with E-state index in [-0.39, 0.29) is 16.8 Å². The van der Waals surface area contributed by atoms with Crippen molar-refractivity contribution in [2.75, 3.05) is 38.0 Å². The number of ether oxygens (including phenoxy) is 2. The van der Waals surface area contributed by atoms with E-state index in [1.54, 1.807) is 6.07 Å². The topological polar surface area (TPSA) is 85.8 Å². The normalized spacial score (nSPS) is 22.6. The van der Waals surface area contributed by atoms with Crippen LogP contribution >= 0.6 is 11.6 Å². The molecule has 0 radical (unpaired) electrons. The minimum absolute atomic E-state index is 0.0343. The molecule has 0 aromatic carbocycles. The van der Waals surface area contributed by atoms with Crippen molar-refractivity contribution in [2.24, 2.45) is 0 Å². The van der Waals surface area contributed by atoms with Gasteiger partial charge in [0.05, 0.1) is 31.1 Å². The fraction of sp³-hybridized carbons (Fsp3) is 0.625. The molecular weight excluding hydrogens is 368 g/mol. The van der Waals surface area contributed by atoms with Gasteiger partial charge in [0.2, 0.25) is 0 Å². The van der Waals surface area contributed by atoms with Crippen LogP contribution in [0, 0.1) is 0 Å². The van der Waals surface area contributed by atoms with E-state index in [0.717, 1.165) is 0 Å². The van der Waals surface area contributed by atoms with Gasteiger partial charge >= 0.3 is 5.97 Å². The van der Waals surface area contributed by atoms with E-state index in [4.69, 9.17) is 21.1 Å². The molecule has 1 aliphatic carbocycles. The molecular formula is C16H21ClN2O5S. The third kappa shape index (κ3) is 3.11. The van der Waals surface area contributed by atoms with Gasteiger partial charge in [-0.3, -0.25) is 0 Å². The Morgan fingerprint density at radius 2 is 2.16 bits per heavy atom. The van der Waals surface area contributed by atoms with E-state index in [2.05, 4.69) is 4.98 Å². The highest BCUT2D eigenvalue weighted by Gasteiger charge is 2.56. The number of anilines is 1. The van der Waals surface area contributed by atoms with Gasteiger partial charge in [0.25, 0.3) is 0 Å². The Labute approximate surface area is 152 Å². The number of aromatic nitrogens is 1. The molecule has 0 bridgehead atoms. The van der Waals surface area contributed by atoms with Crippen LogP contribution in [0.3, 0.4) is 0 Å². The van der Waals surface area contributed by atoms with Gasteiger partial charge in [-0.05, 0) is 31.4 Å². The van der Waals surface area contributed by atoms with Gasteiger partial charge in [-0.2, -0.15) is 0 Å². The second-order valence-electron chi connectivity index (χ2n) is 6.57. The smallest absolute Gasteiger partial charge is 0.341 e. The number of sulfone groups is 1. The first-order chi connectivity index (χ1) is 11.7. The number of rotatable bonds is 4. The van der Waals surface area contributed by atoms with E-state index in [9.17, 15) is 13.2 Å². The maximum atomic E-state index is 12.4. The van der Waals surface area contributed by atoms with Gasteiger partial charge in [-0.25, -0.2) is 18.2 Å². The summed E-state index contributed by atoms with van der Waals surface area (Å²) in [5.74, 6) is -0.123. The summed E-state index contributed by atoms with van der Waals surface area (Å²) >= 11 is 6.29. The van der Waals surface area contributed by atoms with Crippen molar-refractivity contribution in [2.45, 2.75) is 30.6 Å². The first kappa shape index (κ1) is 18.4. The Hall–Kier alpha value is -1.38. The van der Waals surface area contributed by atoms with Crippen molar-refractivity contribution in [3.05, 3.63) is 22.3 Å². The summed E-state index contributed by atoms with van der Waals surface area (Å²) in [6.07, 6.45) is 2.09. The van der Waals surface area contributed by atoms with Crippen molar-refractivity contribution < 1.29 is 22.7 Å². The molecule has 3 rings (SSSR count). The van der Waals surface area contributed by atoms with E-state index in [1.165, 1.54) is 13.4 Å². The fourth-order valence-corrected chi connectivity index (χ4v) is 4.99. The first-order valence-electron chi connectivity index (χ1n) is 8.04. The zero-order valence-corrected chi connectivity index (χ0v) is 16.0. The Kier molecular flexibility index (Phi) is 4.72. The van der Waals surface area contributed by atoms with Crippen LogP contribution in [0.2, 0.25) is 5.15 Å². The molecule has 1 aromatic heterocycles. The van der Waals surface area contributed by atoms with Crippen LogP contribution in [-0.2, 0) is 24.1 Å². The molecule has 138 valence electrons. The maximum Gasteiger partial charge on any atom is 0.341 e. The molecule has 1 aromatic rings. The predicted octanol–water partition coefficient (Wildman–Crippen LogP) is 1.78. The van der Waals surface area contributed by atoms with Crippen molar-refractivity contribution in [1.82, 2.24) is 4.98 Å². The van der Waals surface area contributed by atoms with Crippen LogP contribution < -0.4 is 4.90 Å². The number of hydrogen-bond donors (Lipinski definition) is 0. The predicted molar refractivity (Wildman–Crippen MR) is 94.0 cm³/mol. The number of halogens is 1. The molecule has 1 aliphatic heterocycles. The number of morpholine rings is 1. The molecule has 9 heteroatoms. The van der Waals surface area contributed by atoms with Crippen LogP contribution in [0.4, 0.5) is 5.82 Å². The number of carbonyl (C=O) groups is 1. The summed E-state index contributed by atoms with van der Waals surface area (Å²) < 4.78 is 33.9. The Morgan fingerprint density at radius 1 is 1.48 bits per heavy atom. The SMILES string of the molecule is COC(=O)c1c(C2(S(C)(=O)=O)CC2)cc(N2CCOC[C@H]2C)nc1Cl. The number of carbonyl (C=O) groups excluding carboxylic acids is 1. The van der Waals surface area contributed by atoms with E-state index >= 15 is 0 Å². The molecule has 0 N–H and O–H groups in total. The molecule has 2 fully saturated rings. The Morgan fingerprint density at radius 3 is 2.68 bits per heavy atom. The van der Waals surface area contributed by atoms with Gasteiger partial charge in [-0.15, -0.1) is 0 Å². The maximum absolute atomic E-state index is 12.4. The van der Waals surface area contributed by atoms with Gasteiger partial charge < -0.3 is 14.4 Å². The van der Waals surface area contributed by atoms with E-state index in [0.29, 0.717) is 44.0 Å². The molecule has 2 aliphatic rings. The number of esters is 1. The summed E-state index contributed by atoms with van der Waals surface area (Å²) in [6, 6.07) is 1.75. The lowest BCUT2D eigenvalue weighted by Crippen LogP contribution is -2.44. The van der Waals surface area contributed by atoms with Crippen molar-refractivity contribution in [3.63, 3.8) is 0 Å². The van der Waals surface area contributed by atoms with Crippen LogP contribution in [0.25, 0.3) is 0 Å². The molecule has 0 amide bonds. The van der Waals surface area contributed by atoms with E-state index < -0.39 is 20.6 Å². The lowest BCUT2D eigenvalue weighted by molar-refractivity contribution is 0.0599. The number of pyridine rings is 1. The van der Waals surface area contributed by atoms with Gasteiger partial charge in [-0.1, -0.05) is 11.6 Å². The van der Waals surface area contributed by atoms with Gasteiger partial charge in [0, 0.05) is 12.8 Å². The molecule has 25 heavy (non-hydrogen) atoms. The lowest BCUT2D eigenvalue weighted by atomic mass is 10.0. The molecule has 0 unspecified atom stereocenters. The Bertz CT molecular complexity index is 807. The highest BCUT2D eigenvalue weighted by atomic mass is 35.5. The second-order valence-corrected chi connectivity index (χ2v) is 9.25. The summed E-state index contributed by atoms with van der Waals surface area (Å²) in [6.45, 7) is 3.71. The minimum atomic E-state index is -3.42. The zero-order valence-electron chi connectivity index (χ0n) is 14.4.